The Balaban J connectivity index is 1.37. The highest BCUT2D eigenvalue weighted by Gasteiger charge is 2.33. The van der Waals surface area contributed by atoms with Crippen LogP contribution in [0.1, 0.15) is 35.4 Å². The van der Waals surface area contributed by atoms with E-state index < -0.39 is 42.0 Å². The van der Waals surface area contributed by atoms with Crippen LogP contribution < -0.4 is 21.3 Å². The van der Waals surface area contributed by atoms with E-state index in [1.807, 2.05) is 24.3 Å². The molecule has 1 aliphatic heterocycles. The minimum Gasteiger partial charge on any atom is -0.451 e. The van der Waals surface area contributed by atoms with Crippen molar-refractivity contribution in [2.45, 2.75) is 31.8 Å². The van der Waals surface area contributed by atoms with Gasteiger partial charge in [-0.05, 0) is 37.0 Å². The fourth-order valence-corrected chi connectivity index (χ4v) is 4.19. The van der Waals surface area contributed by atoms with Gasteiger partial charge in [-0.3, -0.25) is 24.0 Å². The quantitative estimate of drug-likeness (QED) is 0.307. The van der Waals surface area contributed by atoms with Crippen molar-refractivity contribution < 1.29 is 28.4 Å². The lowest BCUT2D eigenvalue weighted by molar-refractivity contribution is -0.141. The molecule has 2 aromatic carbocycles. The number of fused-ring (bicyclic) bond motifs is 1. The Bertz CT molecular complexity index is 1270. The van der Waals surface area contributed by atoms with Gasteiger partial charge in [0, 0.05) is 24.4 Å². The number of hydrogen-bond donors (Lipinski definition) is 4. The third-order valence-electron chi connectivity index (χ3n) is 6.15. The Hall–Kier alpha value is -4.47. The van der Waals surface area contributed by atoms with Crippen LogP contribution in [0.4, 0.5) is 0 Å². The minimum atomic E-state index is -1.22. The molecule has 1 fully saturated rings. The lowest BCUT2D eigenvalue weighted by Gasteiger charge is -2.26. The van der Waals surface area contributed by atoms with Crippen LogP contribution in [0.2, 0.25) is 0 Å². The second-order valence-corrected chi connectivity index (χ2v) is 8.85. The Labute approximate surface area is 213 Å². The van der Waals surface area contributed by atoms with Crippen LogP contribution in [0.5, 0.6) is 0 Å². The number of Topliss-reactive ketones (excluding diaryl/α,β-unsaturated/α-hetero) is 1. The van der Waals surface area contributed by atoms with Crippen LogP contribution in [-0.2, 0) is 25.7 Å². The fourth-order valence-electron chi connectivity index (χ4n) is 4.19. The number of carbonyl (C=O) groups is 5. The van der Waals surface area contributed by atoms with Crippen molar-refractivity contribution >= 4 is 40.4 Å². The van der Waals surface area contributed by atoms with Crippen molar-refractivity contribution in [2.24, 2.45) is 5.92 Å². The molecule has 1 aromatic heterocycles. The number of amides is 4. The van der Waals surface area contributed by atoms with E-state index in [0.29, 0.717) is 18.5 Å². The maximum atomic E-state index is 13.0. The van der Waals surface area contributed by atoms with Crippen molar-refractivity contribution in [3.63, 3.8) is 0 Å². The predicted molar refractivity (Wildman–Crippen MR) is 134 cm³/mol. The zero-order valence-electron chi connectivity index (χ0n) is 20.1. The van der Waals surface area contributed by atoms with Crippen molar-refractivity contribution in [2.75, 3.05) is 13.1 Å². The van der Waals surface area contributed by atoms with Gasteiger partial charge in [0.15, 0.2) is 5.76 Å². The Kier molecular flexibility index (Phi) is 8.29. The van der Waals surface area contributed by atoms with Crippen LogP contribution in [0.25, 0.3) is 11.0 Å². The summed E-state index contributed by atoms with van der Waals surface area (Å²) in [4.78, 5) is 63.0. The van der Waals surface area contributed by atoms with Gasteiger partial charge in [-0.1, -0.05) is 48.5 Å². The molecule has 2 heterocycles. The summed E-state index contributed by atoms with van der Waals surface area (Å²) in [6.45, 7) is 0.247. The fraction of sp³-hybridized carbons (Fsp3) is 0.296. The molecule has 192 valence electrons. The summed E-state index contributed by atoms with van der Waals surface area (Å²) in [7, 11) is 0. The molecule has 4 amide bonds. The molecule has 0 aliphatic carbocycles. The molecular weight excluding hydrogens is 476 g/mol. The van der Waals surface area contributed by atoms with Gasteiger partial charge in [-0.2, -0.15) is 0 Å². The molecule has 0 saturated carbocycles. The highest BCUT2D eigenvalue weighted by atomic mass is 16.3. The van der Waals surface area contributed by atoms with E-state index in [1.165, 1.54) is 0 Å². The summed E-state index contributed by atoms with van der Waals surface area (Å²) >= 11 is 0. The van der Waals surface area contributed by atoms with Gasteiger partial charge in [0.2, 0.25) is 17.6 Å². The average molecular weight is 505 g/mol. The third kappa shape index (κ3) is 6.81. The Morgan fingerprint density at radius 3 is 2.51 bits per heavy atom. The van der Waals surface area contributed by atoms with E-state index >= 15 is 0 Å². The molecule has 1 saturated heterocycles. The van der Waals surface area contributed by atoms with Crippen LogP contribution in [0.3, 0.4) is 0 Å². The van der Waals surface area contributed by atoms with E-state index in [-0.39, 0.29) is 24.6 Å². The summed E-state index contributed by atoms with van der Waals surface area (Å²) in [6.07, 6.45) is 1.26. The molecule has 4 N–H and O–H groups in total. The maximum absolute atomic E-state index is 13.0. The normalized spacial score (nSPS) is 15.9. The highest BCUT2D eigenvalue weighted by Crippen LogP contribution is 2.19. The molecule has 0 spiro atoms. The summed E-state index contributed by atoms with van der Waals surface area (Å²) in [5, 5.41) is 11.0. The molecule has 10 heteroatoms. The number of ketones is 1. The number of hydrogen-bond acceptors (Lipinski definition) is 6. The summed E-state index contributed by atoms with van der Waals surface area (Å²) in [5.74, 6) is -3.68. The molecule has 0 bridgehead atoms. The topological polar surface area (TPSA) is 147 Å². The van der Waals surface area contributed by atoms with Gasteiger partial charge in [0.05, 0.1) is 12.6 Å². The third-order valence-corrected chi connectivity index (χ3v) is 6.15. The van der Waals surface area contributed by atoms with Crippen LogP contribution in [0, 0.1) is 5.92 Å². The van der Waals surface area contributed by atoms with Crippen LogP contribution >= 0.6 is 0 Å². The Morgan fingerprint density at radius 2 is 1.76 bits per heavy atom. The first-order valence-electron chi connectivity index (χ1n) is 12.1. The number of para-hydroxylation sites is 1. The summed E-state index contributed by atoms with van der Waals surface area (Å²) < 4.78 is 5.49. The van der Waals surface area contributed by atoms with Crippen molar-refractivity contribution in [1.82, 2.24) is 21.3 Å². The molecule has 10 nitrogen and oxygen atoms in total. The van der Waals surface area contributed by atoms with Crippen molar-refractivity contribution in [1.29, 1.82) is 0 Å². The minimum absolute atomic E-state index is 0.0211. The van der Waals surface area contributed by atoms with E-state index in [4.69, 9.17) is 4.42 Å². The lowest BCUT2D eigenvalue weighted by Crippen LogP contribution is -2.52. The van der Waals surface area contributed by atoms with Gasteiger partial charge in [0.25, 0.3) is 11.8 Å². The smallest absolute Gasteiger partial charge is 0.289 e. The number of carbonyl (C=O) groups excluding carboxylic acids is 5. The summed E-state index contributed by atoms with van der Waals surface area (Å²) in [6, 6.07) is 16.5. The Morgan fingerprint density at radius 1 is 1.00 bits per heavy atom. The van der Waals surface area contributed by atoms with Crippen LogP contribution in [-0.4, -0.2) is 48.5 Å². The zero-order chi connectivity index (χ0) is 26.2. The standard InChI is InChI=1S/C27H28N4O6/c32-23(16-30-26(35)22-14-18-9-4-5-11-21(18)37-22)31-20(13-19-10-6-12-28-25(19)34)24(33)27(36)29-15-17-7-2-1-3-8-17/h1-5,7-9,11,14,19-20H,6,10,12-13,15-16H2,(H,28,34)(H,29,36)(H,30,35)(H,31,32)/t19?,20-/m0/s1. The maximum Gasteiger partial charge on any atom is 0.289 e. The van der Waals surface area contributed by atoms with E-state index in [9.17, 15) is 24.0 Å². The SMILES string of the molecule is O=C(CNC(=O)c1cc2ccccc2o1)N[C@@H](CC1CCCNC1=O)C(=O)C(=O)NCc1ccccc1. The first-order valence-corrected chi connectivity index (χ1v) is 12.1. The molecule has 37 heavy (non-hydrogen) atoms. The molecule has 0 radical (unpaired) electrons. The number of nitrogens with one attached hydrogen (secondary N) is 4. The van der Waals surface area contributed by atoms with Crippen LogP contribution in [0.15, 0.2) is 65.1 Å². The molecular formula is C27H28N4O6. The second kappa shape index (κ2) is 12.0. The van der Waals surface area contributed by atoms with Gasteiger partial charge in [0.1, 0.15) is 5.58 Å². The molecule has 4 rings (SSSR count). The zero-order valence-corrected chi connectivity index (χ0v) is 20.1. The van der Waals surface area contributed by atoms with Gasteiger partial charge in [-0.15, -0.1) is 0 Å². The van der Waals surface area contributed by atoms with Crippen molar-refractivity contribution in [3.8, 4) is 0 Å². The van der Waals surface area contributed by atoms with E-state index in [2.05, 4.69) is 21.3 Å². The lowest BCUT2D eigenvalue weighted by atomic mass is 9.90. The first kappa shape index (κ1) is 25.6. The van der Waals surface area contributed by atoms with Gasteiger partial charge in [-0.25, -0.2) is 0 Å². The average Bonchev–Trinajstić information content (AvgIpc) is 3.36. The monoisotopic (exact) mass is 504 g/mol. The number of piperidine rings is 1. The van der Waals surface area contributed by atoms with E-state index in [1.54, 1.807) is 36.4 Å². The molecule has 1 aliphatic rings. The number of furan rings is 1. The second-order valence-electron chi connectivity index (χ2n) is 8.85. The first-order chi connectivity index (χ1) is 17.9. The molecule has 1 unspecified atom stereocenters. The largest absolute Gasteiger partial charge is 0.451 e. The highest BCUT2D eigenvalue weighted by molar-refractivity contribution is 6.38. The predicted octanol–water partition coefficient (Wildman–Crippen LogP) is 1.45. The summed E-state index contributed by atoms with van der Waals surface area (Å²) in [5.41, 5.74) is 1.35. The van der Waals surface area contributed by atoms with Crippen molar-refractivity contribution in [3.05, 3.63) is 72.0 Å². The molecule has 2 atom stereocenters. The van der Waals surface area contributed by atoms with Gasteiger partial charge >= 0.3 is 0 Å². The number of benzene rings is 2. The molecule has 3 aromatic rings. The van der Waals surface area contributed by atoms with E-state index in [0.717, 1.165) is 17.4 Å². The number of rotatable bonds is 10. The van der Waals surface area contributed by atoms with Gasteiger partial charge < -0.3 is 25.7 Å².